The molecule has 0 aliphatic rings. The molecule has 0 aromatic heterocycles. The minimum atomic E-state index is -1.08. The predicted octanol–water partition coefficient (Wildman–Crippen LogP) is -5.09. The average Bonchev–Trinajstić information content (AvgIpc) is 2.35. The van der Waals surface area contributed by atoms with Crippen LogP contribution >= 0.6 is 0 Å². The van der Waals surface area contributed by atoms with E-state index < -0.39 is 11.9 Å². The smallest absolute Gasteiger partial charge is 0.550 e. The molecule has 2 N–H and O–H groups in total. The Bertz CT molecular complexity index is 270. The van der Waals surface area contributed by atoms with E-state index in [0.29, 0.717) is 6.42 Å². The Balaban J connectivity index is -0.000000101. The van der Waals surface area contributed by atoms with Crippen LogP contribution in [0.3, 0.4) is 0 Å². The first-order chi connectivity index (χ1) is 10.2. The van der Waals surface area contributed by atoms with Gasteiger partial charge in [-0.25, -0.2) is 0 Å². The standard InChI is InChI=1S/C12H25NO.2C2H4O2.2Na/c1-2-3-4-5-6-7-8-9-10-11-12(13)14;2*1-2(3)4;;/h2-11H2,1H3,(H2,13,14);2*1H3,(H,3,4);;/q;;;2*+1/p-2. The zero-order chi connectivity index (χ0) is 17.8. The Hall–Kier alpha value is 0.410. The number of carboxylic acids is 2. The van der Waals surface area contributed by atoms with Crippen molar-refractivity contribution in [3.63, 3.8) is 0 Å². The van der Waals surface area contributed by atoms with Gasteiger partial charge in [0.2, 0.25) is 5.91 Å². The fourth-order valence-corrected chi connectivity index (χ4v) is 1.61. The van der Waals surface area contributed by atoms with Gasteiger partial charge >= 0.3 is 59.1 Å². The molecule has 0 rings (SSSR count). The number of carbonyl (C=O) groups is 3. The first-order valence-corrected chi connectivity index (χ1v) is 7.87. The average molecular weight is 363 g/mol. The number of carbonyl (C=O) groups excluding carboxylic acids is 3. The maximum Gasteiger partial charge on any atom is 1.00 e. The third kappa shape index (κ3) is 78.9. The van der Waals surface area contributed by atoms with Gasteiger partial charge in [0, 0.05) is 18.4 Å². The van der Waals surface area contributed by atoms with E-state index in [-0.39, 0.29) is 65.0 Å². The summed E-state index contributed by atoms with van der Waals surface area (Å²) in [5.41, 5.74) is 5.05. The molecular weight excluding hydrogens is 332 g/mol. The molecule has 0 aromatic carbocycles. The van der Waals surface area contributed by atoms with Gasteiger partial charge in [-0.2, -0.15) is 0 Å². The van der Waals surface area contributed by atoms with Crippen molar-refractivity contribution in [3.05, 3.63) is 0 Å². The number of rotatable bonds is 10. The van der Waals surface area contributed by atoms with Crippen LogP contribution in [0.5, 0.6) is 0 Å². The second kappa shape index (κ2) is 31.2. The van der Waals surface area contributed by atoms with Gasteiger partial charge < -0.3 is 25.5 Å². The minimum absolute atomic E-state index is 0. The first-order valence-electron chi connectivity index (χ1n) is 7.87. The van der Waals surface area contributed by atoms with Crippen LogP contribution in [0.2, 0.25) is 0 Å². The number of hydrogen-bond donors (Lipinski definition) is 1. The molecule has 0 heterocycles. The maximum atomic E-state index is 10.4. The summed E-state index contributed by atoms with van der Waals surface area (Å²) in [5.74, 6) is -2.33. The summed E-state index contributed by atoms with van der Waals surface area (Å²) in [5, 5.41) is 17.8. The number of aliphatic carboxylic acids is 2. The monoisotopic (exact) mass is 363 g/mol. The molecule has 0 atom stereocenters. The van der Waals surface area contributed by atoms with Crippen LogP contribution in [0.4, 0.5) is 0 Å². The van der Waals surface area contributed by atoms with Crippen LogP contribution < -0.4 is 75.1 Å². The van der Waals surface area contributed by atoms with Crippen LogP contribution in [0, 0.1) is 0 Å². The zero-order valence-electron chi connectivity index (χ0n) is 16.2. The summed E-state index contributed by atoms with van der Waals surface area (Å²) in [6, 6.07) is 0. The van der Waals surface area contributed by atoms with Crippen molar-refractivity contribution < 1.29 is 83.7 Å². The van der Waals surface area contributed by atoms with Crippen LogP contribution in [0.25, 0.3) is 0 Å². The van der Waals surface area contributed by atoms with E-state index in [1.54, 1.807) is 0 Å². The summed E-state index contributed by atoms with van der Waals surface area (Å²) < 4.78 is 0. The third-order valence-electron chi connectivity index (χ3n) is 2.53. The van der Waals surface area contributed by atoms with Gasteiger partial charge in [0.05, 0.1) is 0 Å². The van der Waals surface area contributed by atoms with Crippen molar-refractivity contribution in [2.75, 3.05) is 0 Å². The van der Waals surface area contributed by atoms with E-state index in [9.17, 15) is 4.79 Å². The van der Waals surface area contributed by atoms with E-state index in [1.807, 2.05) is 0 Å². The zero-order valence-corrected chi connectivity index (χ0v) is 20.2. The SMILES string of the molecule is CC(=O)[O-].CC(=O)[O-].CCCCCCCCCCCC(N)=O.[Na+].[Na+]. The molecule has 0 aliphatic heterocycles. The summed E-state index contributed by atoms with van der Waals surface area (Å²) in [4.78, 5) is 28.2. The molecule has 24 heavy (non-hydrogen) atoms. The molecule has 0 spiro atoms. The number of carboxylic acid groups (broad SMARTS) is 2. The molecule has 1 amide bonds. The number of nitrogens with two attached hydrogens (primary N) is 1. The van der Waals surface area contributed by atoms with E-state index in [4.69, 9.17) is 25.5 Å². The quantitative estimate of drug-likeness (QED) is 0.307. The molecule has 0 aliphatic carbocycles. The molecule has 132 valence electrons. The molecule has 0 fully saturated rings. The van der Waals surface area contributed by atoms with Gasteiger partial charge in [-0.3, -0.25) is 4.79 Å². The summed E-state index contributed by atoms with van der Waals surface area (Å²) >= 11 is 0. The van der Waals surface area contributed by atoms with Crippen molar-refractivity contribution in [1.29, 1.82) is 0 Å². The van der Waals surface area contributed by atoms with Gasteiger partial charge in [0.25, 0.3) is 0 Å². The molecule has 0 bridgehead atoms. The molecular formula is C16H31NNa2O5. The van der Waals surface area contributed by atoms with Gasteiger partial charge in [0.15, 0.2) is 0 Å². The Labute approximate surface area is 190 Å². The normalized spacial score (nSPS) is 8.12. The second-order valence-corrected chi connectivity index (χ2v) is 5.03. The molecule has 0 radical (unpaired) electrons. The fraction of sp³-hybridized carbons (Fsp3) is 0.812. The topological polar surface area (TPSA) is 123 Å². The van der Waals surface area contributed by atoms with Crippen LogP contribution in [0.15, 0.2) is 0 Å². The molecule has 0 saturated heterocycles. The third-order valence-corrected chi connectivity index (χ3v) is 2.53. The van der Waals surface area contributed by atoms with E-state index in [2.05, 4.69) is 6.92 Å². The molecule has 0 aromatic rings. The summed E-state index contributed by atoms with van der Waals surface area (Å²) in [6.07, 6.45) is 12.1. The molecule has 8 heteroatoms. The Morgan fingerprint density at radius 3 is 1.21 bits per heavy atom. The van der Waals surface area contributed by atoms with Crippen molar-refractivity contribution in [1.82, 2.24) is 0 Å². The van der Waals surface area contributed by atoms with Crippen molar-refractivity contribution in [3.8, 4) is 0 Å². The first kappa shape index (κ1) is 35.5. The van der Waals surface area contributed by atoms with Gasteiger partial charge in [-0.15, -0.1) is 0 Å². The number of primary amides is 1. The summed E-state index contributed by atoms with van der Waals surface area (Å²) in [6.45, 7) is 4.18. The van der Waals surface area contributed by atoms with Crippen molar-refractivity contribution in [2.24, 2.45) is 5.73 Å². The van der Waals surface area contributed by atoms with E-state index >= 15 is 0 Å². The predicted molar refractivity (Wildman–Crippen MR) is 82.4 cm³/mol. The van der Waals surface area contributed by atoms with Gasteiger partial charge in [0.1, 0.15) is 0 Å². The van der Waals surface area contributed by atoms with Gasteiger partial charge in [-0.1, -0.05) is 58.3 Å². The molecule has 6 nitrogen and oxygen atoms in total. The number of amides is 1. The van der Waals surface area contributed by atoms with Gasteiger partial charge in [-0.05, 0) is 20.3 Å². The number of hydrogen-bond acceptors (Lipinski definition) is 5. The van der Waals surface area contributed by atoms with Crippen LogP contribution in [0.1, 0.15) is 85.0 Å². The fourth-order valence-electron chi connectivity index (χ4n) is 1.61. The molecule has 0 unspecified atom stereocenters. The van der Waals surface area contributed by atoms with Crippen molar-refractivity contribution >= 4 is 17.8 Å². The second-order valence-electron chi connectivity index (χ2n) is 5.03. The van der Waals surface area contributed by atoms with Crippen molar-refractivity contribution in [2.45, 2.75) is 85.0 Å². The number of unbranched alkanes of at least 4 members (excludes halogenated alkanes) is 8. The van der Waals surface area contributed by atoms with E-state index in [1.165, 1.54) is 44.9 Å². The Morgan fingerprint density at radius 2 is 0.958 bits per heavy atom. The van der Waals surface area contributed by atoms with E-state index in [0.717, 1.165) is 26.7 Å². The summed E-state index contributed by atoms with van der Waals surface area (Å²) in [7, 11) is 0. The Morgan fingerprint density at radius 1 is 0.708 bits per heavy atom. The minimum Gasteiger partial charge on any atom is -0.550 e. The Kier molecular flexibility index (Phi) is 46.2. The molecule has 0 saturated carbocycles. The van der Waals surface area contributed by atoms with Crippen LogP contribution in [-0.2, 0) is 14.4 Å². The largest absolute Gasteiger partial charge is 1.00 e. The maximum absolute atomic E-state index is 10.4. The van der Waals surface area contributed by atoms with Crippen LogP contribution in [-0.4, -0.2) is 17.8 Å².